The van der Waals surface area contributed by atoms with Crippen LogP contribution in [-0.2, 0) is 26.5 Å². The highest BCUT2D eigenvalue weighted by molar-refractivity contribution is 7.90. The van der Waals surface area contributed by atoms with Crippen molar-refractivity contribution in [3.8, 4) is 0 Å². The molecule has 0 spiro atoms. The smallest absolute Gasteiger partial charge is 0.271 e. The molecule has 0 bridgehead atoms. The Balaban J connectivity index is 1.24. The van der Waals surface area contributed by atoms with Gasteiger partial charge in [0, 0.05) is 37.2 Å². The Morgan fingerprint density at radius 3 is 2.12 bits per heavy atom. The van der Waals surface area contributed by atoms with E-state index in [0.29, 0.717) is 30.3 Å². The minimum Gasteiger partial charge on any atom is -0.300 e. The summed E-state index contributed by atoms with van der Waals surface area (Å²) in [5, 5.41) is 11.5. The first kappa shape index (κ1) is 32.9. The SMILES string of the molecule is Cc1ccc(S(=O)(=O)N2C[C@@H]3CCCN4CCC[C@@H]([C@H]34)[C@H]2CCCc2nc3cc([N+](=O)[O-])ccc3n2S(=O)(=O)c2ccc(C)cc2)cc1. The molecule has 0 saturated carbocycles. The van der Waals surface area contributed by atoms with Gasteiger partial charge < -0.3 is 0 Å². The van der Waals surface area contributed by atoms with E-state index in [2.05, 4.69) is 9.88 Å². The molecule has 4 aromatic rings. The van der Waals surface area contributed by atoms with E-state index in [1.54, 1.807) is 40.7 Å². The van der Waals surface area contributed by atoms with E-state index in [9.17, 15) is 26.9 Å². The number of aromatic nitrogens is 2. The molecule has 0 N–H and O–H groups in total. The van der Waals surface area contributed by atoms with Crippen LogP contribution in [0.25, 0.3) is 11.0 Å². The molecule has 3 aliphatic rings. The number of hydrogen-bond acceptors (Lipinski definition) is 8. The summed E-state index contributed by atoms with van der Waals surface area (Å²) in [6, 6.07) is 17.8. The van der Waals surface area contributed by atoms with Gasteiger partial charge in [-0.25, -0.2) is 25.8 Å². The average molecular weight is 692 g/mol. The summed E-state index contributed by atoms with van der Waals surface area (Å²) >= 11 is 0. The Morgan fingerprint density at radius 1 is 0.854 bits per heavy atom. The van der Waals surface area contributed by atoms with Crippen molar-refractivity contribution < 1.29 is 21.8 Å². The summed E-state index contributed by atoms with van der Waals surface area (Å²) in [7, 11) is -7.87. The molecule has 13 heteroatoms. The highest BCUT2D eigenvalue weighted by Gasteiger charge is 2.51. The lowest BCUT2D eigenvalue weighted by molar-refractivity contribution is -0.384. The minimum atomic E-state index is -4.09. The van der Waals surface area contributed by atoms with Gasteiger partial charge in [0.05, 0.1) is 25.7 Å². The van der Waals surface area contributed by atoms with Gasteiger partial charge in [0.1, 0.15) is 5.82 Å². The Morgan fingerprint density at radius 2 is 1.48 bits per heavy atom. The second kappa shape index (κ2) is 12.7. The highest BCUT2D eigenvalue weighted by Crippen LogP contribution is 2.45. The van der Waals surface area contributed by atoms with Crippen LogP contribution in [0.2, 0.25) is 0 Å². The number of non-ortho nitro benzene ring substituents is 1. The molecule has 0 radical (unpaired) electrons. The molecule has 4 heterocycles. The van der Waals surface area contributed by atoms with E-state index in [0.717, 1.165) is 49.9 Å². The van der Waals surface area contributed by atoms with Crippen LogP contribution >= 0.6 is 0 Å². The molecule has 3 saturated heterocycles. The van der Waals surface area contributed by atoms with Gasteiger partial charge in [0.2, 0.25) is 10.0 Å². The molecule has 3 aromatic carbocycles. The predicted molar refractivity (Wildman–Crippen MR) is 183 cm³/mol. The molecule has 11 nitrogen and oxygen atoms in total. The fraction of sp³-hybridized carbons (Fsp3) is 0.457. The number of rotatable bonds is 9. The third kappa shape index (κ3) is 5.84. The average Bonchev–Trinajstić information content (AvgIpc) is 3.44. The molecule has 1 aromatic heterocycles. The number of nitro groups is 1. The summed E-state index contributed by atoms with van der Waals surface area (Å²) in [6.07, 6.45) is 5.34. The first-order valence-corrected chi connectivity index (χ1v) is 19.6. The Kier molecular flexibility index (Phi) is 8.67. The van der Waals surface area contributed by atoms with Crippen molar-refractivity contribution in [1.29, 1.82) is 0 Å². The fourth-order valence-corrected chi connectivity index (χ4v) is 11.6. The maximum absolute atomic E-state index is 14.3. The van der Waals surface area contributed by atoms with E-state index in [-0.39, 0.29) is 51.7 Å². The van der Waals surface area contributed by atoms with Crippen molar-refractivity contribution in [2.45, 2.75) is 80.7 Å². The van der Waals surface area contributed by atoms with E-state index in [4.69, 9.17) is 0 Å². The molecule has 254 valence electrons. The van der Waals surface area contributed by atoms with Crippen LogP contribution < -0.4 is 0 Å². The molecular formula is C35H41N5O6S2. The number of nitro benzene ring substituents is 1. The Hall–Kier alpha value is -3.65. The first-order valence-electron chi connectivity index (χ1n) is 16.8. The zero-order chi connectivity index (χ0) is 33.8. The van der Waals surface area contributed by atoms with Crippen LogP contribution in [0.3, 0.4) is 0 Å². The third-order valence-corrected chi connectivity index (χ3v) is 14.2. The zero-order valence-corrected chi connectivity index (χ0v) is 28.9. The lowest BCUT2D eigenvalue weighted by atomic mass is 9.70. The largest absolute Gasteiger partial charge is 0.300 e. The minimum absolute atomic E-state index is 0.0975. The standard InChI is InChI=1S/C35H41N5O6S2/c1-24-10-15-28(16-11-24)47(43,44)38-23-26-6-4-20-37-21-5-7-30(35(26)37)32(38)8-3-9-34-36-31-22-27(40(41)42)14-19-33(31)39(34)48(45,46)29-17-12-25(2)13-18-29/h10-19,22,26,30,32,35H,3-9,20-21,23H2,1-2H3/t26-,30+,32+,35-/m0/s1. The maximum Gasteiger partial charge on any atom is 0.271 e. The van der Waals surface area contributed by atoms with E-state index in [1.807, 2.05) is 26.0 Å². The molecule has 48 heavy (non-hydrogen) atoms. The van der Waals surface area contributed by atoms with Crippen molar-refractivity contribution in [3.05, 3.63) is 93.8 Å². The van der Waals surface area contributed by atoms with Crippen LogP contribution in [-0.4, -0.2) is 71.6 Å². The van der Waals surface area contributed by atoms with E-state index in [1.165, 1.54) is 22.2 Å². The monoisotopic (exact) mass is 691 g/mol. The quantitative estimate of drug-likeness (QED) is 0.162. The molecule has 0 amide bonds. The molecule has 7 rings (SSSR count). The maximum atomic E-state index is 14.3. The van der Waals surface area contributed by atoms with Crippen molar-refractivity contribution >= 4 is 36.8 Å². The zero-order valence-electron chi connectivity index (χ0n) is 27.2. The predicted octanol–water partition coefficient (Wildman–Crippen LogP) is 5.68. The number of piperidine rings is 3. The van der Waals surface area contributed by atoms with Crippen LogP contribution in [0.4, 0.5) is 5.69 Å². The van der Waals surface area contributed by atoms with Crippen LogP contribution in [0.15, 0.2) is 76.5 Å². The van der Waals surface area contributed by atoms with Crippen LogP contribution in [0.5, 0.6) is 0 Å². The molecule has 0 unspecified atom stereocenters. The summed E-state index contributed by atoms with van der Waals surface area (Å²) < 4.78 is 59.8. The number of hydrogen-bond donors (Lipinski definition) is 0. The van der Waals surface area contributed by atoms with Gasteiger partial charge in [0.25, 0.3) is 15.7 Å². The second-order valence-electron chi connectivity index (χ2n) is 13.6. The number of sulfonamides is 1. The highest BCUT2D eigenvalue weighted by atomic mass is 32.2. The number of fused-ring (bicyclic) bond motifs is 1. The third-order valence-electron chi connectivity index (χ3n) is 10.6. The van der Waals surface area contributed by atoms with Gasteiger partial charge in [-0.3, -0.25) is 15.0 Å². The van der Waals surface area contributed by atoms with Crippen LogP contribution in [0.1, 0.15) is 55.5 Å². The number of benzene rings is 3. The van der Waals surface area contributed by atoms with Gasteiger partial charge in [-0.1, -0.05) is 35.4 Å². The lowest BCUT2D eigenvalue weighted by Gasteiger charge is -2.57. The van der Waals surface area contributed by atoms with E-state index >= 15 is 0 Å². The van der Waals surface area contributed by atoms with Gasteiger partial charge in [-0.2, -0.15) is 4.31 Å². The van der Waals surface area contributed by atoms with Crippen LogP contribution in [0, 0.1) is 35.8 Å². The van der Waals surface area contributed by atoms with Gasteiger partial charge in [-0.15, -0.1) is 0 Å². The molecule has 4 atom stereocenters. The summed E-state index contributed by atoms with van der Waals surface area (Å²) in [4.78, 5) is 18.6. The molecule has 3 fully saturated rings. The summed E-state index contributed by atoms with van der Waals surface area (Å²) in [5.41, 5.74) is 2.23. The fourth-order valence-electron chi connectivity index (χ4n) is 8.36. The van der Waals surface area contributed by atoms with Crippen molar-refractivity contribution in [1.82, 2.24) is 18.2 Å². The lowest BCUT2D eigenvalue weighted by Crippen LogP contribution is -2.65. The molecule has 3 aliphatic heterocycles. The van der Waals surface area contributed by atoms with Gasteiger partial charge in [0.15, 0.2) is 0 Å². The van der Waals surface area contributed by atoms with Gasteiger partial charge >= 0.3 is 0 Å². The molecular weight excluding hydrogens is 651 g/mol. The first-order chi connectivity index (χ1) is 22.9. The Labute approximate surface area is 281 Å². The second-order valence-corrected chi connectivity index (χ2v) is 17.3. The normalized spacial score (nSPS) is 23.6. The Bertz CT molecular complexity index is 2060. The molecule has 0 aliphatic carbocycles. The summed E-state index contributed by atoms with van der Waals surface area (Å²) in [6.45, 7) is 6.38. The van der Waals surface area contributed by atoms with Gasteiger partial charge in [-0.05, 0) is 108 Å². The van der Waals surface area contributed by atoms with E-state index < -0.39 is 25.0 Å². The number of aryl methyl sites for hydroxylation is 3. The van der Waals surface area contributed by atoms with Crippen molar-refractivity contribution in [2.24, 2.45) is 11.8 Å². The number of nitrogens with zero attached hydrogens (tertiary/aromatic N) is 5. The summed E-state index contributed by atoms with van der Waals surface area (Å²) in [5.74, 6) is 0.728. The number of imidazole rings is 1. The van der Waals surface area contributed by atoms with Crippen molar-refractivity contribution in [3.63, 3.8) is 0 Å². The van der Waals surface area contributed by atoms with Crippen molar-refractivity contribution in [2.75, 3.05) is 19.6 Å². The topological polar surface area (TPSA) is 136 Å².